The lowest BCUT2D eigenvalue weighted by atomic mass is 10.1. The Kier molecular flexibility index (Phi) is 3.59. The molecular weight excluding hydrogens is 290 g/mol. The summed E-state index contributed by atoms with van der Waals surface area (Å²) in [6, 6.07) is 6.21. The predicted molar refractivity (Wildman–Crippen MR) is 78.1 cm³/mol. The van der Waals surface area contributed by atoms with E-state index in [2.05, 4.69) is 53.1 Å². The van der Waals surface area contributed by atoms with Crippen LogP contribution in [-0.2, 0) is 0 Å². The molecule has 1 aromatic heterocycles. The summed E-state index contributed by atoms with van der Waals surface area (Å²) in [5.74, 6) is 0. The molecule has 0 fully saturated rings. The molecule has 2 aromatic rings. The van der Waals surface area contributed by atoms with E-state index in [1.54, 1.807) is 0 Å². The third-order valence-corrected chi connectivity index (χ3v) is 4.01. The van der Waals surface area contributed by atoms with Gasteiger partial charge in [0.15, 0.2) is 0 Å². The maximum absolute atomic E-state index is 5.89. The number of benzene rings is 1. The van der Waals surface area contributed by atoms with Gasteiger partial charge in [-0.2, -0.15) is 5.10 Å². The number of nitrogens with two attached hydrogens (primary N) is 1. The fourth-order valence-electron chi connectivity index (χ4n) is 1.93. The summed E-state index contributed by atoms with van der Waals surface area (Å²) in [5, 5.41) is 4.57. The SMILES string of the molecule is Cc1nn(-c2ccc(C(C)N)cc2Br)c(C)c1C. The van der Waals surface area contributed by atoms with Crippen molar-refractivity contribution in [2.45, 2.75) is 33.7 Å². The van der Waals surface area contributed by atoms with E-state index >= 15 is 0 Å². The van der Waals surface area contributed by atoms with Crippen molar-refractivity contribution in [3.8, 4) is 5.69 Å². The molecule has 0 aliphatic carbocycles. The number of hydrogen-bond acceptors (Lipinski definition) is 2. The Balaban J connectivity index is 2.54. The third-order valence-electron chi connectivity index (χ3n) is 3.38. The Bertz CT molecular complexity index is 585. The highest BCUT2D eigenvalue weighted by atomic mass is 79.9. The Morgan fingerprint density at radius 3 is 2.39 bits per heavy atom. The molecule has 4 heteroatoms. The van der Waals surface area contributed by atoms with E-state index in [0.717, 1.165) is 21.4 Å². The van der Waals surface area contributed by atoms with Crippen molar-refractivity contribution in [1.29, 1.82) is 0 Å². The fourth-order valence-corrected chi connectivity index (χ4v) is 2.50. The molecule has 1 unspecified atom stereocenters. The molecule has 0 saturated heterocycles. The monoisotopic (exact) mass is 307 g/mol. The third kappa shape index (κ3) is 2.22. The number of aryl methyl sites for hydroxylation is 1. The van der Waals surface area contributed by atoms with Crippen molar-refractivity contribution in [1.82, 2.24) is 9.78 Å². The lowest BCUT2D eigenvalue weighted by Crippen LogP contribution is -2.06. The average Bonchev–Trinajstić information content (AvgIpc) is 2.57. The van der Waals surface area contributed by atoms with Gasteiger partial charge in [0.05, 0.1) is 11.4 Å². The molecule has 2 N–H and O–H groups in total. The molecule has 0 saturated carbocycles. The van der Waals surface area contributed by atoms with Gasteiger partial charge in [-0.3, -0.25) is 0 Å². The summed E-state index contributed by atoms with van der Waals surface area (Å²) in [5.41, 5.74) is 11.5. The maximum atomic E-state index is 5.89. The maximum Gasteiger partial charge on any atom is 0.0791 e. The minimum atomic E-state index is 0.0394. The van der Waals surface area contributed by atoms with E-state index in [4.69, 9.17) is 5.73 Å². The molecular formula is C14H18BrN3. The molecule has 0 aliphatic heterocycles. The Labute approximate surface area is 116 Å². The number of halogens is 1. The molecule has 18 heavy (non-hydrogen) atoms. The van der Waals surface area contributed by atoms with Gasteiger partial charge in [0.2, 0.25) is 0 Å². The minimum Gasteiger partial charge on any atom is -0.324 e. The van der Waals surface area contributed by atoms with E-state index in [0.29, 0.717) is 0 Å². The zero-order valence-corrected chi connectivity index (χ0v) is 12.7. The van der Waals surface area contributed by atoms with Crippen LogP contribution in [0.3, 0.4) is 0 Å². The van der Waals surface area contributed by atoms with E-state index in [1.165, 1.54) is 11.3 Å². The van der Waals surface area contributed by atoms with E-state index in [-0.39, 0.29) is 6.04 Å². The van der Waals surface area contributed by atoms with Crippen LogP contribution in [0.2, 0.25) is 0 Å². The Hall–Kier alpha value is -1.13. The molecule has 0 bridgehead atoms. The van der Waals surface area contributed by atoms with Gasteiger partial charge < -0.3 is 5.73 Å². The second-order valence-corrected chi connectivity index (χ2v) is 5.56. The lowest BCUT2D eigenvalue weighted by molar-refractivity contribution is 0.805. The molecule has 0 amide bonds. The second-order valence-electron chi connectivity index (χ2n) is 4.71. The quantitative estimate of drug-likeness (QED) is 0.921. The molecule has 96 valence electrons. The van der Waals surface area contributed by atoms with Gasteiger partial charge in [0, 0.05) is 16.2 Å². The number of nitrogens with zero attached hydrogens (tertiary/aromatic N) is 2. The molecule has 3 nitrogen and oxygen atoms in total. The first-order chi connectivity index (χ1) is 8.41. The van der Waals surface area contributed by atoms with E-state index in [9.17, 15) is 0 Å². The first kappa shape index (κ1) is 13.3. The Morgan fingerprint density at radius 1 is 1.28 bits per heavy atom. The van der Waals surface area contributed by atoms with Gasteiger partial charge >= 0.3 is 0 Å². The zero-order chi connectivity index (χ0) is 13.4. The number of aromatic nitrogens is 2. The highest BCUT2D eigenvalue weighted by molar-refractivity contribution is 9.10. The largest absolute Gasteiger partial charge is 0.324 e. The first-order valence-corrected chi connectivity index (χ1v) is 6.79. The fraction of sp³-hybridized carbons (Fsp3) is 0.357. The van der Waals surface area contributed by atoms with Gasteiger partial charge in [0.25, 0.3) is 0 Å². The van der Waals surface area contributed by atoms with Crippen molar-refractivity contribution >= 4 is 15.9 Å². The van der Waals surface area contributed by atoms with Crippen LogP contribution in [-0.4, -0.2) is 9.78 Å². The topological polar surface area (TPSA) is 43.8 Å². The van der Waals surface area contributed by atoms with Crippen molar-refractivity contribution in [2.75, 3.05) is 0 Å². The van der Waals surface area contributed by atoms with Gasteiger partial charge in [-0.25, -0.2) is 4.68 Å². The van der Waals surface area contributed by atoms with E-state index < -0.39 is 0 Å². The average molecular weight is 308 g/mol. The van der Waals surface area contributed by atoms with Gasteiger partial charge in [0.1, 0.15) is 0 Å². The highest BCUT2D eigenvalue weighted by Crippen LogP contribution is 2.26. The van der Waals surface area contributed by atoms with Crippen LogP contribution in [0.4, 0.5) is 0 Å². The summed E-state index contributed by atoms with van der Waals surface area (Å²) in [6.07, 6.45) is 0. The molecule has 0 radical (unpaired) electrons. The van der Waals surface area contributed by atoms with Crippen LogP contribution in [0.5, 0.6) is 0 Å². The van der Waals surface area contributed by atoms with Crippen LogP contribution in [0.1, 0.15) is 35.5 Å². The molecule has 0 spiro atoms. The van der Waals surface area contributed by atoms with Crippen LogP contribution in [0.25, 0.3) is 5.69 Å². The summed E-state index contributed by atoms with van der Waals surface area (Å²) in [4.78, 5) is 0. The van der Waals surface area contributed by atoms with Gasteiger partial charge in [-0.05, 0) is 66.9 Å². The number of hydrogen-bond donors (Lipinski definition) is 1. The first-order valence-electron chi connectivity index (χ1n) is 6.00. The van der Waals surface area contributed by atoms with Gasteiger partial charge in [-0.15, -0.1) is 0 Å². The second kappa shape index (κ2) is 4.86. The smallest absolute Gasteiger partial charge is 0.0791 e. The standard InChI is InChI=1S/C14H18BrN3/c1-8-10(3)17-18(11(8)4)14-6-5-12(9(2)16)7-13(14)15/h5-7,9H,16H2,1-4H3. The lowest BCUT2D eigenvalue weighted by Gasteiger charge is -2.11. The van der Waals surface area contributed by atoms with Crippen LogP contribution < -0.4 is 5.73 Å². The Morgan fingerprint density at radius 2 is 1.94 bits per heavy atom. The van der Waals surface area contributed by atoms with Crippen molar-refractivity contribution < 1.29 is 0 Å². The molecule has 2 rings (SSSR count). The number of rotatable bonds is 2. The van der Waals surface area contributed by atoms with Crippen molar-refractivity contribution in [3.05, 3.63) is 45.2 Å². The van der Waals surface area contributed by atoms with Crippen molar-refractivity contribution in [3.63, 3.8) is 0 Å². The summed E-state index contributed by atoms with van der Waals surface area (Å²) >= 11 is 3.60. The van der Waals surface area contributed by atoms with Crippen LogP contribution in [0.15, 0.2) is 22.7 Å². The van der Waals surface area contributed by atoms with Crippen molar-refractivity contribution in [2.24, 2.45) is 5.73 Å². The van der Waals surface area contributed by atoms with Gasteiger partial charge in [-0.1, -0.05) is 6.07 Å². The summed E-state index contributed by atoms with van der Waals surface area (Å²) in [6.45, 7) is 8.19. The van der Waals surface area contributed by atoms with Crippen LogP contribution >= 0.6 is 15.9 Å². The minimum absolute atomic E-state index is 0.0394. The highest BCUT2D eigenvalue weighted by Gasteiger charge is 2.12. The molecule has 1 aromatic carbocycles. The molecule has 1 atom stereocenters. The summed E-state index contributed by atoms with van der Waals surface area (Å²) in [7, 11) is 0. The van der Waals surface area contributed by atoms with E-state index in [1.807, 2.05) is 18.5 Å². The molecule has 0 aliphatic rings. The van der Waals surface area contributed by atoms with Crippen LogP contribution in [0, 0.1) is 20.8 Å². The molecule has 1 heterocycles. The normalized spacial score (nSPS) is 12.8. The predicted octanol–water partition coefficient (Wildman–Crippen LogP) is 3.58. The summed E-state index contributed by atoms with van der Waals surface area (Å²) < 4.78 is 2.99. The zero-order valence-electron chi connectivity index (χ0n) is 11.2.